The number of aliphatic hydroxyl groups is 1. The first-order valence-corrected chi connectivity index (χ1v) is 11.9. The van der Waals surface area contributed by atoms with Crippen LogP contribution in [0, 0.1) is 0 Å². The summed E-state index contributed by atoms with van der Waals surface area (Å²) in [5, 5.41) is 39.8. The zero-order chi connectivity index (χ0) is 26.9. The highest BCUT2D eigenvalue weighted by molar-refractivity contribution is 5.94. The van der Waals surface area contributed by atoms with Crippen LogP contribution in [0.4, 0.5) is 0 Å². The van der Waals surface area contributed by atoms with E-state index < -0.39 is 48.1 Å². The maximum atomic E-state index is 13.2. The SMILES string of the molecule is CC(O)C(NC(=O)C(Cc1cnc[nH]1)NC(=O)C1CCCN1)C(=O)NC(Cc1ccc(O)cc1)C(=O)O. The molecule has 1 fully saturated rings. The number of carbonyl (C=O) groups is 4. The lowest BCUT2D eigenvalue weighted by molar-refractivity contribution is -0.143. The molecule has 2 aromatic rings. The predicted octanol–water partition coefficient (Wildman–Crippen LogP) is -1.43. The molecule has 2 heterocycles. The first kappa shape index (κ1) is 27.6. The number of benzene rings is 1. The molecule has 0 radical (unpaired) electrons. The van der Waals surface area contributed by atoms with Crippen LogP contribution in [0.15, 0.2) is 36.8 Å². The van der Waals surface area contributed by atoms with E-state index in [1.54, 1.807) is 0 Å². The fourth-order valence-electron chi connectivity index (χ4n) is 3.99. The van der Waals surface area contributed by atoms with Crippen molar-refractivity contribution in [3.05, 3.63) is 48.0 Å². The van der Waals surface area contributed by atoms with Crippen LogP contribution in [-0.2, 0) is 32.0 Å². The Morgan fingerprint density at radius 3 is 2.35 bits per heavy atom. The number of rotatable bonds is 12. The lowest BCUT2D eigenvalue weighted by atomic mass is 10.0. The lowest BCUT2D eigenvalue weighted by Crippen LogP contribution is -2.60. The number of carbonyl (C=O) groups excluding carboxylic acids is 3. The Hall–Kier alpha value is -3.97. The number of hydrogen-bond donors (Lipinski definition) is 8. The first-order valence-electron chi connectivity index (χ1n) is 11.9. The van der Waals surface area contributed by atoms with Gasteiger partial charge in [-0.2, -0.15) is 0 Å². The number of aromatic nitrogens is 2. The van der Waals surface area contributed by atoms with Gasteiger partial charge in [0.05, 0.1) is 18.5 Å². The molecular weight excluding hydrogens is 484 g/mol. The number of phenolic OH excluding ortho intramolecular Hbond substituents is 1. The Labute approximate surface area is 213 Å². The number of aromatic hydroxyl groups is 1. The zero-order valence-corrected chi connectivity index (χ0v) is 20.3. The number of phenols is 1. The number of H-pyrrole nitrogens is 1. The second kappa shape index (κ2) is 12.8. The van der Waals surface area contributed by atoms with Gasteiger partial charge in [0.1, 0.15) is 23.9 Å². The fourth-order valence-corrected chi connectivity index (χ4v) is 3.99. The molecule has 0 aliphatic carbocycles. The topological polar surface area (TPSA) is 206 Å². The number of carboxylic acids is 1. The Balaban J connectivity index is 1.70. The van der Waals surface area contributed by atoms with Gasteiger partial charge in [-0.3, -0.25) is 14.4 Å². The highest BCUT2D eigenvalue weighted by Crippen LogP contribution is 2.12. The molecule has 1 saturated heterocycles. The van der Waals surface area contributed by atoms with Gasteiger partial charge in [0.15, 0.2) is 0 Å². The van der Waals surface area contributed by atoms with E-state index in [1.807, 2.05) is 0 Å². The van der Waals surface area contributed by atoms with E-state index >= 15 is 0 Å². The normalized spacial score (nSPS) is 18.3. The third-order valence-electron chi connectivity index (χ3n) is 6.04. The van der Waals surface area contributed by atoms with Crippen molar-refractivity contribution in [2.75, 3.05) is 6.54 Å². The molecule has 37 heavy (non-hydrogen) atoms. The minimum absolute atomic E-state index is 0.0111. The van der Waals surface area contributed by atoms with E-state index in [0.29, 0.717) is 24.2 Å². The van der Waals surface area contributed by atoms with Crippen LogP contribution in [0.25, 0.3) is 0 Å². The van der Waals surface area contributed by atoms with E-state index in [-0.39, 0.29) is 24.5 Å². The van der Waals surface area contributed by atoms with Crippen LogP contribution in [-0.4, -0.2) is 85.8 Å². The number of amides is 3. The summed E-state index contributed by atoms with van der Waals surface area (Å²) in [4.78, 5) is 57.3. The number of carboxylic acid groups (broad SMARTS) is 1. The number of aromatic amines is 1. The van der Waals surface area contributed by atoms with Crippen molar-refractivity contribution >= 4 is 23.7 Å². The molecule has 0 spiro atoms. The highest BCUT2D eigenvalue weighted by atomic mass is 16.4. The third kappa shape index (κ3) is 8.02. The van der Waals surface area contributed by atoms with Crippen molar-refractivity contribution in [2.24, 2.45) is 0 Å². The number of imidazole rings is 1. The predicted molar refractivity (Wildman–Crippen MR) is 130 cm³/mol. The zero-order valence-electron chi connectivity index (χ0n) is 20.3. The molecule has 1 aliphatic rings. The molecule has 3 amide bonds. The Bertz CT molecular complexity index is 1070. The number of nitrogens with one attached hydrogen (secondary N) is 5. The van der Waals surface area contributed by atoms with E-state index in [1.165, 1.54) is 43.7 Å². The summed E-state index contributed by atoms with van der Waals surface area (Å²) in [6, 6.07) is 1.46. The first-order chi connectivity index (χ1) is 17.6. The summed E-state index contributed by atoms with van der Waals surface area (Å²) in [6.07, 6.45) is 2.98. The lowest BCUT2D eigenvalue weighted by Gasteiger charge is -2.26. The van der Waals surface area contributed by atoms with Crippen LogP contribution in [0.2, 0.25) is 0 Å². The molecule has 13 heteroatoms. The molecule has 8 N–H and O–H groups in total. The van der Waals surface area contributed by atoms with E-state index in [2.05, 4.69) is 31.2 Å². The summed E-state index contributed by atoms with van der Waals surface area (Å²) in [5.74, 6) is -3.30. The van der Waals surface area contributed by atoms with Gasteiger partial charge in [0.2, 0.25) is 17.7 Å². The van der Waals surface area contributed by atoms with Gasteiger partial charge in [-0.1, -0.05) is 12.1 Å². The Morgan fingerprint density at radius 2 is 1.78 bits per heavy atom. The molecule has 5 unspecified atom stereocenters. The van der Waals surface area contributed by atoms with Gasteiger partial charge in [-0.25, -0.2) is 9.78 Å². The average molecular weight is 517 g/mol. The molecule has 1 aromatic carbocycles. The monoisotopic (exact) mass is 516 g/mol. The van der Waals surface area contributed by atoms with Crippen molar-refractivity contribution in [2.45, 2.75) is 62.9 Å². The number of nitrogens with zero attached hydrogens (tertiary/aromatic N) is 1. The van der Waals surface area contributed by atoms with Gasteiger partial charge in [0.25, 0.3) is 0 Å². The van der Waals surface area contributed by atoms with Gasteiger partial charge < -0.3 is 41.6 Å². The Kier molecular flexibility index (Phi) is 9.57. The summed E-state index contributed by atoms with van der Waals surface area (Å²) >= 11 is 0. The van der Waals surface area contributed by atoms with Crippen molar-refractivity contribution in [1.29, 1.82) is 0 Å². The van der Waals surface area contributed by atoms with E-state index in [9.17, 15) is 34.5 Å². The van der Waals surface area contributed by atoms with Crippen LogP contribution in [0.5, 0.6) is 5.75 Å². The molecule has 0 bridgehead atoms. The smallest absolute Gasteiger partial charge is 0.326 e. The van der Waals surface area contributed by atoms with E-state index in [4.69, 9.17) is 0 Å². The molecule has 1 aromatic heterocycles. The van der Waals surface area contributed by atoms with Crippen molar-refractivity contribution in [1.82, 2.24) is 31.2 Å². The number of hydrogen-bond acceptors (Lipinski definition) is 8. The van der Waals surface area contributed by atoms with Gasteiger partial charge in [0, 0.05) is 24.7 Å². The molecule has 1 aliphatic heterocycles. The van der Waals surface area contributed by atoms with Crippen molar-refractivity contribution in [3.8, 4) is 5.75 Å². The van der Waals surface area contributed by atoms with Crippen LogP contribution < -0.4 is 21.3 Å². The largest absolute Gasteiger partial charge is 0.508 e. The molecule has 3 rings (SSSR count). The molecule has 5 atom stereocenters. The summed E-state index contributed by atoms with van der Waals surface area (Å²) in [6.45, 7) is 1.97. The third-order valence-corrected chi connectivity index (χ3v) is 6.04. The van der Waals surface area contributed by atoms with Gasteiger partial charge >= 0.3 is 5.97 Å². The second-order valence-corrected chi connectivity index (χ2v) is 8.99. The maximum Gasteiger partial charge on any atom is 0.326 e. The van der Waals surface area contributed by atoms with Gasteiger partial charge in [-0.15, -0.1) is 0 Å². The number of aliphatic carboxylic acids is 1. The van der Waals surface area contributed by atoms with Crippen LogP contribution in [0.1, 0.15) is 31.0 Å². The minimum Gasteiger partial charge on any atom is -0.508 e. The average Bonchev–Trinajstić information content (AvgIpc) is 3.57. The van der Waals surface area contributed by atoms with Crippen molar-refractivity contribution < 1.29 is 34.5 Å². The second-order valence-electron chi connectivity index (χ2n) is 8.99. The fraction of sp³-hybridized carbons (Fsp3) is 0.458. The molecular formula is C24H32N6O7. The van der Waals surface area contributed by atoms with Crippen molar-refractivity contribution in [3.63, 3.8) is 0 Å². The molecule has 200 valence electrons. The minimum atomic E-state index is -1.49. The Morgan fingerprint density at radius 1 is 1.05 bits per heavy atom. The maximum absolute atomic E-state index is 13.2. The van der Waals surface area contributed by atoms with Crippen LogP contribution >= 0.6 is 0 Å². The summed E-state index contributed by atoms with van der Waals surface area (Å²) < 4.78 is 0. The summed E-state index contributed by atoms with van der Waals surface area (Å²) in [7, 11) is 0. The summed E-state index contributed by atoms with van der Waals surface area (Å²) in [5.41, 5.74) is 1.11. The molecule has 0 saturated carbocycles. The van der Waals surface area contributed by atoms with E-state index in [0.717, 1.165) is 6.42 Å². The number of aliphatic hydroxyl groups excluding tert-OH is 1. The van der Waals surface area contributed by atoms with Crippen LogP contribution in [0.3, 0.4) is 0 Å². The molecule has 13 nitrogen and oxygen atoms in total. The highest BCUT2D eigenvalue weighted by Gasteiger charge is 2.33. The van der Waals surface area contributed by atoms with Gasteiger partial charge in [-0.05, 0) is 44.0 Å². The standard InChI is InChI=1S/C24H32N6O7/c1-13(31)20(23(35)29-19(24(36)37)9-14-4-6-16(32)7-5-14)30-22(34)18(10-15-11-25-12-27-15)28-21(33)17-3-2-8-26-17/h4-7,11-13,17-20,26,31-32H,2-3,8-10H2,1H3,(H,25,27)(H,28,33)(H,29,35)(H,30,34)(H,36,37). The quantitative estimate of drug-likeness (QED) is 0.166.